The zero-order valence-corrected chi connectivity index (χ0v) is 10.7. The molecule has 2 rings (SSSR count). The van der Waals surface area contributed by atoms with Gasteiger partial charge in [0.05, 0.1) is 12.7 Å². The fourth-order valence-electron chi connectivity index (χ4n) is 2.06. The molecule has 0 aromatic carbocycles. The quantitative estimate of drug-likeness (QED) is 0.744. The number of piperidine rings is 1. The maximum absolute atomic E-state index is 9.67. The van der Waals surface area contributed by atoms with Crippen molar-refractivity contribution >= 4 is 11.6 Å². The van der Waals surface area contributed by atoms with Crippen molar-refractivity contribution in [1.82, 2.24) is 9.97 Å². The number of aliphatic hydroxyl groups excluding tert-OH is 1. The Labute approximate surface area is 107 Å². The Morgan fingerprint density at radius 3 is 3.22 bits per heavy atom. The summed E-state index contributed by atoms with van der Waals surface area (Å²) in [6.45, 7) is 2.94. The number of methoxy groups -OCH3 is 1. The number of anilines is 2. The van der Waals surface area contributed by atoms with E-state index in [1.165, 1.54) is 0 Å². The van der Waals surface area contributed by atoms with E-state index < -0.39 is 0 Å². The van der Waals surface area contributed by atoms with Crippen LogP contribution in [-0.4, -0.2) is 54.5 Å². The summed E-state index contributed by atoms with van der Waals surface area (Å²) < 4.78 is 4.97. The monoisotopic (exact) mass is 252 g/mol. The van der Waals surface area contributed by atoms with Crippen LogP contribution < -0.4 is 10.2 Å². The van der Waals surface area contributed by atoms with Crippen molar-refractivity contribution in [2.24, 2.45) is 0 Å². The lowest BCUT2D eigenvalue weighted by molar-refractivity contribution is 0.154. The number of aliphatic hydroxyl groups is 1. The molecule has 1 fully saturated rings. The minimum atomic E-state index is -0.251. The van der Waals surface area contributed by atoms with Crippen LogP contribution in [0.3, 0.4) is 0 Å². The molecule has 0 saturated carbocycles. The molecular weight excluding hydrogens is 232 g/mol. The van der Waals surface area contributed by atoms with Gasteiger partial charge < -0.3 is 20.1 Å². The molecule has 6 nitrogen and oxygen atoms in total. The van der Waals surface area contributed by atoms with Crippen molar-refractivity contribution in [3.8, 4) is 0 Å². The second kappa shape index (κ2) is 6.51. The maximum atomic E-state index is 9.67. The summed E-state index contributed by atoms with van der Waals surface area (Å²) in [6.07, 6.45) is 3.17. The molecule has 6 heteroatoms. The third-order valence-corrected chi connectivity index (χ3v) is 2.99. The SMILES string of the molecule is COCCNc1cc(N2CCCC(O)C2)ncn1. The normalized spacial score (nSPS) is 19.9. The van der Waals surface area contributed by atoms with Gasteiger partial charge in [-0.05, 0) is 12.8 Å². The van der Waals surface area contributed by atoms with E-state index in [1.54, 1.807) is 13.4 Å². The summed E-state index contributed by atoms with van der Waals surface area (Å²) in [5.41, 5.74) is 0. The number of hydrogen-bond donors (Lipinski definition) is 2. The molecule has 0 aliphatic carbocycles. The molecule has 18 heavy (non-hydrogen) atoms. The summed E-state index contributed by atoms with van der Waals surface area (Å²) in [5.74, 6) is 1.65. The lowest BCUT2D eigenvalue weighted by Gasteiger charge is -2.31. The average molecular weight is 252 g/mol. The average Bonchev–Trinajstić information content (AvgIpc) is 2.39. The minimum Gasteiger partial charge on any atom is -0.391 e. The summed E-state index contributed by atoms with van der Waals surface area (Å²) in [4.78, 5) is 10.5. The number of ether oxygens (including phenoxy) is 1. The Morgan fingerprint density at radius 1 is 1.56 bits per heavy atom. The van der Waals surface area contributed by atoms with E-state index in [-0.39, 0.29) is 6.10 Å². The second-order valence-corrected chi connectivity index (χ2v) is 4.42. The molecule has 1 unspecified atom stereocenters. The molecule has 1 aliphatic rings. The highest BCUT2D eigenvalue weighted by Crippen LogP contribution is 2.19. The molecule has 0 bridgehead atoms. The molecule has 2 heterocycles. The zero-order valence-electron chi connectivity index (χ0n) is 10.7. The van der Waals surface area contributed by atoms with Crippen molar-refractivity contribution < 1.29 is 9.84 Å². The number of hydrogen-bond acceptors (Lipinski definition) is 6. The van der Waals surface area contributed by atoms with Crippen molar-refractivity contribution in [3.63, 3.8) is 0 Å². The van der Waals surface area contributed by atoms with Crippen molar-refractivity contribution in [2.75, 3.05) is 43.6 Å². The van der Waals surface area contributed by atoms with Gasteiger partial charge >= 0.3 is 0 Å². The summed E-state index contributed by atoms with van der Waals surface area (Å²) >= 11 is 0. The molecule has 1 aromatic rings. The predicted octanol–water partition coefficient (Wildman–Crippen LogP) is 0.496. The van der Waals surface area contributed by atoms with Gasteiger partial charge in [-0.3, -0.25) is 0 Å². The Bertz CT molecular complexity index is 375. The predicted molar refractivity (Wildman–Crippen MR) is 69.9 cm³/mol. The highest BCUT2D eigenvalue weighted by Gasteiger charge is 2.18. The van der Waals surface area contributed by atoms with E-state index in [4.69, 9.17) is 4.74 Å². The van der Waals surface area contributed by atoms with E-state index in [9.17, 15) is 5.11 Å². The van der Waals surface area contributed by atoms with Crippen molar-refractivity contribution in [3.05, 3.63) is 12.4 Å². The first-order valence-corrected chi connectivity index (χ1v) is 6.27. The number of nitrogens with zero attached hydrogens (tertiary/aromatic N) is 3. The van der Waals surface area contributed by atoms with Crippen LogP contribution in [0.25, 0.3) is 0 Å². The number of nitrogens with one attached hydrogen (secondary N) is 1. The summed E-state index contributed by atoms with van der Waals surface area (Å²) in [5, 5.41) is 12.8. The lowest BCUT2D eigenvalue weighted by atomic mass is 10.1. The van der Waals surface area contributed by atoms with Crippen LogP contribution in [0.15, 0.2) is 12.4 Å². The Balaban J connectivity index is 1.97. The molecule has 0 spiro atoms. The van der Waals surface area contributed by atoms with E-state index in [0.29, 0.717) is 13.2 Å². The standard InChI is InChI=1S/C12H20N4O2/c1-18-6-4-13-11-7-12(15-9-14-11)16-5-2-3-10(17)8-16/h7,9-10,17H,2-6,8H2,1H3,(H,13,14,15). The van der Waals surface area contributed by atoms with Crippen LogP contribution in [-0.2, 0) is 4.74 Å². The number of rotatable bonds is 5. The number of β-amino-alcohol motifs (C(OH)–C–C–N with tert-alkyl or cyclic N) is 1. The highest BCUT2D eigenvalue weighted by molar-refractivity contribution is 5.48. The van der Waals surface area contributed by atoms with Crippen LogP contribution in [0, 0.1) is 0 Å². The molecule has 1 aliphatic heterocycles. The molecule has 0 amide bonds. The largest absolute Gasteiger partial charge is 0.391 e. The van der Waals surface area contributed by atoms with Gasteiger partial charge in [-0.25, -0.2) is 9.97 Å². The van der Waals surface area contributed by atoms with Gasteiger partial charge in [0.15, 0.2) is 0 Å². The second-order valence-electron chi connectivity index (χ2n) is 4.42. The van der Waals surface area contributed by atoms with E-state index in [1.807, 2.05) is 6.07 Å². The fourth-order valence-corrected chi connectivity index (χ4v) is 2.06. The third-order valence-electron chi connectivity index (χ3n) is 2.99. The van der Waals surface area contributed by atoms with Crippen molar-refractivity contribution in [2.45, 2.75) is 18.9 Å². The Hall–Kier alpha value is -1.40. The maximum Gasteiger partial charge on any atom is 0.134 e. The van der Waals surface area contributed by atoms with Crippen LogP contribution in [0.4, 0.5) is 11.6 Å². The van der Waals surface area contributed by atoms with Crippen LogP contribution in [0.1, 0.15) is 12.8 Å². The third kappa shape index (κ3) is 3.54. The molecule has 1 saturated heterocycles. The lowest BCUT2D eigenvalue weighted by Crippen LogP contribution is -2.38. The van der Waals surface area contributed by atoms with Gasteiger partial charge in [-0.15, -0.1) is 0 Å². The van der Waals surface area contributed by atoms with Gasteiger partial charge in [0, 0.05) is 32.8 Å². The first kappa shape index (κ1) is 13.0. The van der Waals surface area contributed by atoms with Crippen molar-refractivity contribution in [1.29, 1.82) is 0 Å². The summed E-state index contributed by atoms with van der Waals surface area (Å²) in [7, 11) is 1.67. The van der Waals surface area contributed by atoms with Crippen LogP contribution in [0.2, 0.25) is 0 Å². The highest BCUT2D eigenvalue weighted by atomic mass is 16.5. The van der Waals surface area contributed by atoms with Gasteiger partial charge in [-0.1, -0.05) is 0 Å². The Morgan fingerprint density at radius 2 is 2.44 bits per heavy atom. The minimum absolute atomic E-state index is 0.251. The van der Waals surface area contributed by atoms with Gasteiger partial charge in [-0.2, -0.15) is 0 Å². The van der Waals surface area contributed by atoms with E-state index in [2.05, 4.69) is 20.2 Å². The zero-order chi connectivity index (χ0) is 12.8. The molecule has 2 N–H and O–H groups in total. The smallest absolute Gasteiger partial charge is 0.134 e. The van der Waals surface area contributed by atoms with Gasteiger partial charge in [0.25, 0.3) is 0 Å². The fraction of sp³-hybridized carbons (Fsp3) is 0.667. The Kier molecular flexibility index (Phi) is 4.72. The van der Waals surface area contributed by atoms with E-state index in [0.717, 1.165) is 37.6 Å². The van der Waals surface area contributed by atoms with Gasteiger partial charge in [0.2, 0.25) is 0 Å². The topological polar surface area (TPSA) is 70.5 Å². The van der Waals surface area contributed by atoms with Crippen LogP contribution in [0.5, 0.6) is 0 Å². The molecule has 0 radical (unpaired) electrons. The number of aromatic nitrogens is 2. The molecule has 1 atom stereocenters. The van der Waals surface area contributed by atoms with Gasteiger partial charge in [0.1, 0.15) is 18.0 Å². The van der Waals surface area contributed by atoms with Crippen LogP contribution >= 0.6 is 0 Å². The molecule has 1 aromatic heterocycles. The van der Waals surface area contributed by atoms with E-state index >= 15 is 0 Å². The first-order valence-electron chi connectivity index (χ1n) is 6.27. The molecular formula is C12H20N4O2. The summed E-state index contributed by atoms with van der Waals surface area (Å²) in [6, 6.07) is 1.91. The molecule has 100 valence electrons. The first-order chi connectivity index (χ1) is 8.79.